The van der Waals surface area contributed by atoms with Crippen molar-refractivity contribution in [3.05, 3.63) is 53.1 Å². The van der Waals surface area contributed by atoms with Gasteiger partial charge in [-0.25, -0.2) is 0 Å². The summed E-state index contributed by atoms with van der Waals surface area (Å²) >= 11 is 0. The fourth-order valence-electron chi connectivity index (χ4n) is 3.40. The van der Waals surface area contributed by atoms with Gasteiger partial charge in [-0.1, -0.05) is 24.3 Å². The number of rotatable bonds is 1. The molecule has 0 saturated carbocycles. The van der Waals surface area contributed by atoms with Gasteiger partial charge in [0.25, 0.3) is 0 Å². The SMILES string of the molecule is c1cc2c(cc1-c1ccc3c(c1)CCN3)CCCC2. The first-order valence-electron chi connectivity index (χ1n) is 7.39. The monoisotopic (exact) mass is 249 g/mol. The van der Waals surface area contributed by atoms with Gasteiger partial charge in [-0.05, 0) is 72.1 Å². The van der Waals surface area contributed by atoms with Crippen LogP contribution in [0.3, 0.4) is 0 Å². The molecule has 1 N–H and O–H groups in total. The summed E-state index contributed by atoms with van der Waals surface area (Å²) in [6, 6.07) is 13.9. The molecule has 0 spiro atoms. The quantitative estimate of drug-likeness (QED) is 0.798. The van der Waals surface area contributed by atoms with Crippen LogP contribution in [0.2, 0.25) is 0 Å². The lowest BCUT2D eigenvalue weighted by atomic mass is 9.89. The molecule has 4 rings (SSSR count). The Bertz CT molecular complexity index is 628. The zero-order valence-corrected chi connectivity index (χ0v) is 11.2. The van der Waals surface area contributed by atoms with Crippen LogP contribution in [0, 0.1) is 0 Å². The lowest BCUT2D eigenvalue weighted by Gasteiger charge is -2.17. The molecule has 2 aromatic carbocycles. The molecule has 1 aliphatic carbocycles. The molecule has 0 aromatic heterocycles. The van der Waals surface area contributed by atoms with Gasteiger partial charge in [-0.2, -0.15) is 0 Å². The summed E-state index contributed by atoms with van der Waals surface area (Å²) in [6.45, 7) is 1.09. The fraction of sp³-hybridized carbons (Fsp3) is 0.333. The van der Waals surface area contributed by atoms with Crippen LogP contribution in [0.4, 0.5) is 5.69 Å². The summed E-state index contributed by atoms with van der Waals surface area (Å²) in [5, 5.41) is 3.43. The maximum absolute atomic E-state index is 3.43. The molecule has 0 radical (unpaired) electrons. The molecule has 1 aliphatic heterocycles. The average Bonchev–Trinajstić information content (AvgIpc) is 2.94. The van der Waals surface area contributed by atoms with E-state index < -0.39 is 0 Å². The van der Waals surface area contributed by atoms with Gasteiger partial charge in [0.2, 0.25) is 0 Å². The molecule has 0 fully saturated rings. The van der Waals surface area contributed by atoms with Gasteiger partial charge in [-0.3, -0.25) is 0 Å². The van der Waals surface area contributed by atoms with Crippen molar-refractivity contribution >= 4 is 5.69 Å². The van der Waals surface area contributed by atoms with Gasteiger partial charge in [0.1, 0.15) is 0 Å². The Kier molecular flexibility index (Phi) is 2.58. The Morgan fingerprint density at radius 2 is 1.42 bits per heavy atom. The van der Waals surface area contributed by atoms with E-state index in [1.807, 2.05) is 0 Å². The second-order valence-corrected chi connectivity index (χ2v) is 5.74. The topological polar surface area (TPSA) is 12.0 Å². The van der Waals surface area contributed by atoms with E-state index >= 15 is 0 Å². The highest BCUT2D eigenvalue weighted by atomic mass is 14.9. The minimum Gasteiger partial charge on any atom is -0.384 e. The highest BCUT2D eigenvalue weighted by Crippen LogP contribution is 2.31. The largest absolute Gasteiger partial charge is 0.384 e. The molecule has 0 saturated heterocycles. The van der Waals surface area contributed by atoms with Crippen LogP contribution in [0.15, 0.2) is 36.4 Å². The van der Waals surface area contributed by atoms with Crippen LogP contribution >= 0.6 is 0 Å². The van der Waals surface area contributed by atoms with Crippen molar-refractivity contribution in [2.45, 2.75) is 32.1 Å². The third-order valence-corrected chi connectivity index (χ3v) is 4.50. The van der Waals surface area contributed by atoms with Gasteiger partial charge in [0, 0.05) is 12.2 Å². The third-order valence-electron chi connectivity index (χ3n) is 4.50. The summed E-state index contributed by atoms with van der Waals surface area (Å²) in [5.41, 5.74) is 8.68. The van der Waals surface area contributed by atoms with Crippen molar-refractivity contribution in [2.24, 2.45) is 0 Å². The first-order chi connectivity index (χ1) is 9.40. The molecule has 0 bridgehead atoms. The number of anilines is 1. The van der Waals surface area contributed by atoms with Crippen molar-refractivity contribution in [1.82, 2.24) is 0 Å². The maximum Gasteiger partial charge on any atom is 0.0373 e. The molecule has 19 heavy (non-hydrogen) atoms. The smallest absolute Gasteiger partial charge is 0.0373 e. The highest BCUT2D eigenvalue weighted by Gasteiger charge is 2.13. The van der Waals surface area contributed by atoms with Crippen molar-refractivity contribution < 1.29 is 0 Å². The summed E-state index contributed by atoms with van der Waals surface area (Å²) < 4.78 is 0. The zero-order valence-electron chi connectivity index (χ0n) is 11.2. The predicted molar refractivity (Wildman–Crippen MR) is 80.7 cm³/mol. The van der Waals surface area contributed by atoms with Crippen molar-refractivity contribution in [3.63, 3.8) is 0 Å². The average molecular weight is 249 g/mol. The molecule has 0 atom stereocenters. The lowest BCUT2D eigenvalue weighted by molar-refractivity contribution is 0.686. The summed E-state index contributed by atoms with van der Waals surface area (Å²) in [6.07, 6.45) is 6.40. The minimum atomic E-state index is 1.09. The Hall–Kier alpha value is -1.76. The number of hydrogen-bond acceptors (Lipinski definition) is 1. The predicted octanol–water partition coefficient (Wildman–Crippen LogP) is 4.20. The Morgan fingerprint density at radius 3 is 2.32 bits per heavy atom. The summed E-state index contributed by atoms with van der Waals surface area (Å²) in [4.78, 5) is 0. The standard InChI is InChI=1S/C18H19N/c1-2-4-14-11-15(6-5-13(14)3-1)16-7-8-18-17(12-16)9-10-19-18/h5-8,11-12,19H,1-4,9-10H2. The molecule has 0 unspecified atom stereocenters. The maximum atomic E-state index is 3.43. The molecule has 2 aliphatic rings. The van der Waals surface area contributed by atoms with Gasteiger partial charge >= 0.3 is 0 Å². The van der Waals surface area contributed by atoms with Gasteiger partial charge < -0.3 is 5.32 Å². The second-order valence-electron chi connectivity index (χ2n) is 5.74. The Labute approximate surface area is 114 Å². The third kappa shape index (κ3) is 1.94. The molecule has 1 heteroatoms. The molecular weight excluding hydrogens is 230 g/mol. The van der Waals surface area contributed by atoms with Crippen LogP contribution in [0.25, 0.3) is 11.1 Å². The molecule has 2 aromatic rings. The first-order valence-corrected chi connectivity index (χ1v) is 7.39. The number of fused-ring (bicyclic) bond motifs is 2. The summed E-state index contributed by atoms with van der Waals surface area (Å²) in [5.74, 6) is 0. The van der Waals surface area contributed by atoms with E-state index in [0.29, 0.717) is 0 Å². The van der Waals surface area contributed by atoms with E-state index in [2.05, 4.69) is 41.7 Å². The van der Waals surface area contributed by atoms with Crippen molar-refractivity contribution in [2.75, 3.05) is 11.9 Å². The minimum absolute atomic E-state index is 1.09. The zero-order chi connectivity index (χ0) is 12.7. The van der Waals surface area contributed by atoms with Crippen LogP contribution in [0.5, 0.6) is 0 Å². The van der Waals surface area contributed by atoms with Crippen LogP contribution in [0.1, 0.15) is 29.5 Å². The molecular formula is C18H19N. The van der Waals surface area contributed by atoms with E-state index in [-0.39, 0.29) is 0 Å². The van der Waals surface area contributed by atoms with E-state index in [1.165, 1.54) is 48.1 Å². The normalized spacial score (nSPS) is 16.6. The Balaban J connectivity index is 1.76. The number of hydrogen-bond donors (Lipinski definition) is 1. The van der Waals surface area contributed by atoms with E-state index in [9.17, 15) is 0 Å². The van der Waals surface area contributed by atoms with Gasteiger partial charge in [-0.15, -0.1) is 0 Å². The van der Waals surface area contributed by atoms with Crippen LogP contribution in [-0.4, -0.2) is 6.54 Å². The molecule has 96 valence electrons. The molecule has 1 nitrogen and oxygen atoms in total. The van der Waals surface area contributed by atoms with E-state index in [4.69, 9.17) is 0 Å². The van der Waals surface area contributed by atoms with Crippen LogP contribution in [-0.2, 0) is 19.3 Å². The first kappa shape index (κ1) is 11.1. The van der Waals surface area contributed by atoms with E-state index in [0.717, 1.165) is 13.0 Å². The number of benzene rings is 2. The molecule has 1 heterocycles. The van der Waals surface area contributed by atoms with Gasteiger partial charge in [0.05, 0.1) is 0 Å². The number of aryl methyl sites for hydroxylation is 2. The Morgan fingerprint density at radius 1 is 0.684 bits per heavy atom. The highest BCUT2D eigenvalue weighted by molar-refractivity contribution is 5.70. The van der Waals surface area contributed by atoms with E-state index in [1.54, 1.807) is 11.1 Å². The lowest BCUT2D eigenvalue weighted by Crippen LogP contribution is -2.02. The molecule has 0 amide bonds. The second kappa shape index (κ2) is 4.41. The van der Waals surface area contributed by atoms with Crippen molar-refractivity contribution in [1.29, 1.82) is 0 Å². The van der Waals surface area contributed by atoms with Crippen molar-refractivity contribution in [3.8, 4) is 11.1 Å². The van der Waals surface area contributed by atoms with Crippen LogP contribution < -0.4 is 5.32 Å². The number of nitrogens with one attached hydrogen (secondary N) is 1. The van der Waals surface area contributed by atoms with Gasteiger partial charge in [0.15, 0.2) is 0 Å². The fourth-order valence-corrected chi connectivity index (χ4v) is 3.40. The summed E-state index contributed by atoms with van der Waals surface area (Å²) in [7, 11) is 0.